The molecule has 0 fully saturated rings. The molecule has 0 unspecified atom stereocenters. The van der Waals surface area contributed by atoms with Crippen LogP contribution >= 0.6 is 0 Å². The molecule has 0 bridgehead atoms. The molecule has 0 saturated heterocycles. The minimum atomic E-state index is 1.11. The highest BCUT2D eigenvalue weighted by molar-refractivity contribution is 6.24. The Kier molecular flexibility index (Phi) is 6.93. The summed E-state index contributed by atoms with van der Waals surface area (Å²) in [7, 11) is 0. The number of fused-ring (bicyclic) bond motifs is 6. The molecule has 0 saturated carbocycles. The Hall–Kier alpha value is -7.09. The Morgan fingerprint density at radius 2 is 0.500 bits per heavy atom. The van der Waals surface area contributed by atoms with Gasteiger partial charge in [-0.25, -0.2) is 0 Å². The van der Waals surface area contributed by atoms with Gasteiger partial charge in [0.05, 0.1) is 0 Å². The van der Waals surface area contributed by atoms with Gasteiger partial charge in [-0.15, -0.1) is 0 Å². The lowest BCUT2D eigenvalue weighted by atomic mass is 9.84. The van der Waals surface area contributed by atoms with E-state index in [0.717, 1.165) is 11.1 Å². The molecule has 1 aromatic heterocycles. The summed E-state index contributed by atoms with van der Waals surface area (Å²) in [6.45, 7) is 0. The molecule has 1 heteroatoms. The molecule has 0 aliphatic carbocycles. The molecular weight excluding hydrogens is 651 g/mol. The maximum absolute atomic E-state index is 4.99. The second-order valence-corrected chi connectivity index (χ2v) is 14.3. The van der Waals surface area contributed by atoms with Crippen LogP contribution in [0.5, 0.6) is 0 Å². The fourth-order valence-corrected chi connectivity index (χ4v) is 8.90. The molecule has 11 rings (SSSR count). The Labute approximate surface area is 313 Å². The number of pyridine rings is 1. The van der Waals surface area contributed by atoms with E-state index in [9.17, 15) is 0 Å². The van der Waals surface area contributed by atoms with E-state index in [0.29, 0.717) is 0 Å². The Morgan fingerprint density at radius 3 is 0.833 bits per heavy atom. The zero-order valence-electron chi connectivity index (χ0n) is 29.5. The van der Waals surface area contributed by atoms with Crippen molar-refractivity contribution in [2.75, 3.05) is 0 Å². The van der Waals surface area contributed by atoms with E-state index in [2.05, 4.69) is 188 Å². The Bertz CT molecular complexity index is 2950. The SMILES string of the molecule is c1ccc2cc(-c3c4ccccc4c(-c4cncc(-c5c6ccccc6c(-c6ccc7ccccc7c6)c6ccccc56)c4)c4ccccc34)ccc2c1. The van der Waals surface area contributed by atoms with Crippen LogP contribution in [0.1, 0.15) is 0 Å². The summed E-state index contributed by atoms with van der Waals surface area (Å²) < 4.78 is 0. The second kappa shape index (κ2) is 12.3. The molecule has 250 valence electrons. The van der Waals surface area contributed by atoms with Crippen molar-refractivity contribution in [3.63, 3.8) is 0 Å². The second-order valence-electron chi connectivity index (χ2n) is 14.3. The minimum Gasteiger partial charge on any atom is -0.263 e. The lowest BCUT2D eigenvalue weighted by molar-refractivity contribution is 1.34. The summed E-state index contributed by atoms with van der Waals surface area (Å²) in [5.41, 5.74) is 9.62. The number of hydrogen-bond donors (Lipinski definition) is 0. The maximum atomic E-state index is 4.99. The molecule has 0 spiro atoms. The van der Waals surface area contributed by atoms with E-state index >= 15 is 0 Å². The van der Waals surface area contributed by atoms with Gasteiger partial charge in [0, 0.05) is 23.5 Å². The van der Waals surface area contributed by atoms with Gasteiger partial charge in [-0.05, 0) is 116 Å². The van der Waals surface area contributed by atoms with E-state index in [1.54, 1.807) is 0 Å². The number of aromatic nitrogens is 1. The molecule has 0 atom stereocenters. The molecular formula is C53H33N. The molecule has 0 aliphatic rings. The normalized spacial score (nSPS) is 11.7. The summed E-state index contributed by atoms with van der Waals surface area (Å²) >= 11 is 0. The van der Waals surface area contributed by atoms with Crippen molar-refractivity contribution >= 4 is 64.6 Å². The molecule has 0 aliphatic heterocycles. The van der Waals surface area contributed by atoms with Crippen molar-refractivity contribution in [2.45, 2.75) is 0 Å². The smallest absolute Gasteiger partial charge is 0.0347 e. The highest BCUT2D eigenvalue weighted by Gasteiger charge is 2.20. The van der Waals surface area contributed by atoms with Crippen molar-refractivity contribution in [3.05, 3.63) is 200 Å². The predicted octanol–water partition coefficient (Wildman–Crippen LogP) is 14.7. The molecule has 0 N–H and O–H groups in total. The zero-order valence-corrected chi connectivity index (χ0v) is 29.5. The molecule has 11 aromatic rings. The third-order valence-electron chi connectivity index (χ3n) is 11.3. The number of hydrogen-bond acceptors (Lipinski definition) is 1. The zero-order chi connectivity index (χ0) is 35.6. The lowest BCUT2D eigenvalue weighted by Crippen LogP contribution is -1.94. The molecule has 1 heterocycles. The maximum Gasteiger partial charge on any atom is 0.0347 e. The molecule has 0 amide bonds. The van der Waals surface area contributed by atoms with Crippen molar-refractivity contribution < 1.29 is 0 Å². The quantitative estimate of drug-likeness (QED) is 0.168. The monoisotopic (exact) mass is 683 g/mol. The summed E-state index contributed by atoms with van der Waals surface area (Å²) in [6, 6.07) is 68.8. The minimum absolute atomic E-state index is 1.11. The van der Waals surface area contributed by atoms with Crippen LogP contribution in [0.3, 0.4) is 0 Å². The van der Waals surface area contributed by atoms with Gasteiger partial charge in [-0.3, -0.25) is 4.98 Å². The van der Waals surface area contributed by atoms with Crippen LogP contribution in [0.15, 0.2) is 200 Å². The van der Waals surface area contributed by atoms with Crippen molar-refractivity contribution in [1.82, 2.24) is 4.98 Å². The van der Waals surface area contributed by atoms with Crippen LogP contribution in [0.2, 0.25) is 0 Å². The van der Waals surface area contributed by atoms with Crippen LogP contribution in [-0.2, 0) is 0 Å². The third kappa shape index (κ3) is 4.76. The van der Waals surface area contributed by atoms with Gasteiger partial charge in [0.1, 0.15) is 0 Å². The Morgan fingerprint density at radius 1 is 0.222 bits per heavy atom. The fourth-order valence-electron chi connectivity index (χ4n) is 8.90. The van der Waals surface area contributed by atoms with Crippen LogP contribution < -0.4 is 0 Å². The van der Waals surface area contributed by atoms with Gasteiger partial charge < -0.3 is 0 Å². The Balaban J connectivity index is 1.17. The summed E-state index contributed by atoms with van der Waals surface area (Å²) in [5, 5.41) is 14.8. The highest BCUT2D eigenvalue weighted by Crippen LogP contribution is 2.47. The van der Waals surface area contributed by atoms with Gasteiger partial charge in [-0.1, -0.05) is 170 Å². The van der Waals surface area contributed by atoms with Crippen molar-refractivity contribution in [2.24, 2.45) is 0 Å². The first-order chi connectivity index (χ1) is 26.8. The van der Waals surface area contributed by atoms with E-state index in [4.69, 9.17) is 4.98 Å². The summed E-state index contributed by atoms with van der Waals surface area (Å²) in [6.07, 6.45) is 4.09. The number of nitrogens with zero attached hydrogens (tertiary/aromatic N) is 1. The van der Waals surface area contributed by atoms with E-state index in [-0.39, 0.29) is 0 Å². The van der Waals surface area contributed by atoms with Gasteiger partial charge in [0.2, 0.25) is 0 Å². The topological polar surface area (TPSA) is 12.9 Å². The molecule has 10 aromatic carbocycles. The molecule has 54 heavy (non-hydrogen) atoms. The average Bonchev–Trinajstić information content (AvgIpc) is 3.24. The van der Waals surface area contributed by atoms with Crippen LogP contribution in [0.25, 0.3) is 109 Å². The first kappa shape index (κ1) is 30.5. The van der Waals surface area contributed by atoms with Crippen LogP contribution in [0, 0.1) is 0 Å². The largest absolute Gasteiger partial charge is 0.263 e. The third-order valence-corrected chi connectivity index (χ3v) is 11.3. The summed E-state index contributed by atoms with van der Waals surface area (Å²) in [5.74, 6) is 0. The number of rotatable bonds is 4. The lowest BCUT2D eigenvalue weighted by Gasteiger charge is -2.20. The van der Waals surface area contributed by atoms with Crippen LogP contribution in [-0.4, -0.2) is 4.98 Å². The first-order valence-electron chi connectivity index (χ1n) is 18.6. The van der Waals surface area contributed by atoms with Gasteiger partial charge in [0.25, 0.3) is 0 Å². The predicted molar refractivity (Wildman–Crippen MR) is 231 cm³/mol. The van der Waals surface area contributed by atoms with Crippen LogP contribution in [0.4, 0.5) is 0 Å². The van der Waals surface area contributed by atoms with Crippen molar-refractivity contribution in [1.29, 1.82) is 0 Å². The molecule has 1 nitrogen and oxygen atoms in total. The van der Waals surface area contributed by atoms with Gasteiger partial charge in [0.15, 0.2) is 0 Å². The fraction of sp³-hybridized carbons (Fsp3) is 0. The first-order valence-corrected chi connectivity index (χ1v) is 18.6. The van der Waals surface area contributed by atoms with E-state index in [1.165, 1.54) is 98.0 Å². The average molecular weight is 684 g/mol. The van der Waals surface area contributed by atoms with E-state index in [1.807, 2.05) is 12.4 Å². The van der Waals surface area contributed by atoms with Crippen molar-refractivity contribution in [3.8, 4) is 44.5 Å². The van der Waals surface area contributed by atoms with Gasteiger partial charge in [-0.2, -0.15) is 0 Å². The van der Waals surface area contributed by atoms with Gasteiger partial charge >= 0.3 is 0 Å². The summed E-state index contributed by atoms with van der Waals surface area (Å²) in [4.78, 5) is 4.99. The number of benzene rings is 10. The van der Waals surface area contributed by atoms with E-state index < -0.39 is 0 Å². The standard InChI is InChI=1S/C53H33N/c1-3-15-36-29-38(27-25-34(36)13-1)50-42-17-5-9-21-46(42)52(47-22-10-6-18-43(47)50)40-31-41(33-54-32-40)53-48-23-11-7-19-44(48)51(45-20-8-12-24-49(45)53)39-28-26-35-14-2-4-16-37(35)30-39/h1-33H. The highest BCUT2D eigenvalue weighted by atomic mass is 14.6. The molecule has 0 radical (unpaired) electrons.